The molecule has 40 heavy (non-hydrogen) atoms. The Balaban J connectivity index is 0.000000708. The highest BCUT2D eigenvalue weighted by molar-refractivity contribution is 7.92. The molecule has 13 heteroatoms. The first-order chi connectivity index (χ1) is 18.7. The molecule has 2 aromatic rings. The summed E-state index contributed by atoms with van der Waals surface area (Å²) in [6, 6.07) is 12.3. The Kier molecular flexibility index (Phi) is 11.8. The summed E-state index contributed by atoms with van der Waals surface area (Å²) in [4.78, 5) is 25.9. The SMILES string of the molecule is CCCCN(C)C(=O)c1ccc(N2CCNCC2)c(NS(=O)(=O)c2ccc(C(C)C)cc2)c1.O=C(O)C(F)(F)F. The van der Waals surface area contributed by atoms with Crippen LogP contribution < -0.4 is 14.9 Å². The number of unbranched alkanes of at least 4 members (excludes halogenated alkanes) is 1. The number of sulfonamides is 1. The lowest BCUT2D eigenvalue weighted by Crippen LogP contribution is -2.43. The van der Waals surface area contributed by atoms with Crippen LogP contribution in [0.4, 0.5) is 24.5 Å². The quantitative estimate of drug-likeness (QED) is 0.395. The van der Waals surface area contributed by atoms with Gasteiger partial charge in [0.1, 0.15) is 0 Å². The summed E-state index contributed by atoms with van der Waals surface area (Å²) in [5.74, 6) is -2.55. The molecule has 3 rings (SSSR count). The second kappa shape index (κ2) is 14.4. The number of carboxylic acid groups (broad SMARTS) is 1. The van der Waals surface area contributed by atoms with Crippen molar-refractivity contribution in [1.82, 2.24) is 10.2 Å². The Hall–Kier alpha value is -3.32. The van der Waals surface area contributed by atoms with E-state index in [9.17, 15) is 26.4 Å². The third-order valence-corrected chi connectivity index (χ3v) is 7.62. The van der Waals surface area contributed by atoms with Crippen LogP contribution in [-0.4, -0.2) is 76.2 Å². The molecule has 222 valence electrons. The lowest BCUT2D eigenvalue weighted by atomic mass is 10.0. The molecule has 3 N–H and O–H groups in total. The van der Waals surface area contributed by atoms with Gasteiger partial charge >= 0.3 is 12.1 Å². The number of hydrogen-bond acceptors (Lipinski definition) is 6. The zero-order valence-corrected chi connectivity index (χ0v) is 23.9. The smallest absolute Gasteiger partial charge is 0.475 e. The van der Waals surface area contributed by atoms with E-state index in [1.807, 2.05) is 18.2 Å². The number of benzene rings is 2. The molecule has 0 radical (unpaired) electrons. The van der Waals surface area contributed by atoms with Crippen molar-refractivity contribution < 1.29 is 36.3 Å². The maximum absolute atomic E-state index is 13.2. The highest BCUT2D eigenvalue weighted by atomic mass is 32.2. The van der Waals surface area contributed by atoms with Crippen molar-refractivity contribution in [2.45, 2.75) is 50.6 Å². The first kappa shape index (κ1) is 32.9. The van der Waals surface area contributed by atoms with Gasteiger partial charge < -0.3 is 20.2 Å². The Labute approximate surface area is 233 Å². The lowest BCUT2D eigenvalue weighted by molar-refractivity contribution is -0.192. The van der Waals surface area contributed by atoms with E-state index < -0.39 is 22.2 Å². The van der Waals surface area contributed by atoms with Gasteiger partial charge in [-0.1, -0.05) is 39.3 Å². The number of aliphatic carboxylic acids is 1. The molecule has 0 saturated carbocycles. The minimum atomic E-state index is -5.08. The predicted molar refractivity (Wildman–Crippen MR) is 148 cm³/mol. The standard InChI is InChI=1S/C25H36N4O3S.C2HF3O2/c1-5-6-15-28(4)25(30)21-9-12-24(29-16-13-26-14-17-29)23(18-21)27-33(31,32)22-10-7-20(8-11-22)19(2)3;3-2(4,5)1(6)7/h7-12,18-19,26-27H,5-6,13-17H2,1-4H3;(H,6,7). The zero-order chi connectivity index (χ0) is 30.1. The van der Waals surface area contributed by atoms with Crippen molar-refractivity contribution in [3.05, 3.63) is 53.6 Å². The fraction of sp³-hybridized carbons (Fsp3) is 0.481. The fourth-order valence-electron chi connectivity index (χ4n) is 3.89. The first-order valence-corrected chi connectivity index (χ1v) is 14.4. The lowest BCUT2D eigenvalue weighted by Gasteiger charge is -2.31. The van der Waals surface area contributed by atoms with E-state index in [0.29, 0.717) is 23.7 Å². The maximum Gasteiger partial charge on any atom is 0.490 e. The highest BCUT2D eigenvalue weighted by Crippen LogP contribution is 2.31. The summed E-state index contributed by atoms with van der Waals surface area (Å²) in [6.45, 7) is 10.1. The van der Waals surface area contributed by atoms with Gasteiger partial charge in [-0.3, -0.25) is 9.52 Å². The highest BCUT2D eigenvalue weighted by Gasteiger charge is 2.38. The average Bonchev–Trinajstić information content (AvgIpc) is 2.91. The number of anilines is 2. The summed E-state index contributed by atoms with van der Waals surface area (Å²) in [5.41, 5.74) is 2.77. The van der Waals surface area contributed by atoms with E-state index in [0.717, 1.165) is 50.3 Å². The molecule has 0 unspecified atom stereocenters. The number of carbonyl (C=O) groups excluding carboxylic acids is 1. The van der Waals surface area contributed by atoms with Crippen LogP contribution in [0.1, 0.15) is 55.5 Å². The van der Waals surface area contributed by atoms with E-state index in [1.54, 1.807) is 36.2 Å². The molecule has 0 spiro atoms. The van der Waals surface area contributed by atoms with Crippen LogP contribution in [0.15, 0.2) is 47.4 Å². The monoisotopic (exact) mass is 586 g/mol. The number of alkyl halides is 3. The van der Waals surface area contributed by atoms with Gasteiger partial charge in [0.05, 0.1) is 16.3 Å². The third-order valence-electron chi connectivity index (χ3n) is 6.24. The minimum absolute atomic E-state index is 0.114. The van der Waals surface area contributed by atoms with Crippen molar-refractivity contribution in [1.29, 1.82) is 0 Å². The molecular formula is C27H37F3N4O5S. The van der Waals surface area contributed by atoms with Gasteiger partial charge in [-0.25, -0.2) is 13.2 Å². The van der Waals surface area contributed by atoms with Gasteiger partial charge in [-0.2, -0.15) is 13.2 Å². The Bertz CT molecular complexity index is 1250. The predicted octanol–water partition coefficient (Wildman–Crippen LogP) is 4.53. The molecule has 1 fully saturated rings. The molecule has 1 heterocycles. The van der Waals surface area contributed by atoms with E-state index in [1.165, 1.54) is 0 Å². The molecule has 1 amide bonds. The van der Waals surface area contributed by atoms with Crippen molar-refractivity contribution in [2.75, 3.05) is 49.4 Å². The zero-order valence-electron chi connectivity index (χ0n) is 23.1. The Morgan fingerprint density at radius 3 is 2.17 bits per heavy atom. The molecular weight excluding hydrogens is 549 g/mol. The van der Waals surface area contributed by atoms with Crippen LogP contribution in [0.5, 0.6) is 0 Å². The first-order valence-electron chi connectivity index (χ1n) is 13.0. The second-order valence-electron chi connectivity index (χ2n) is 9.68. The molecule has 9 nitrogen and oxygen atoms in total. The third kappa shape index (κ3) is 9.40. The molecule has 0 bridgehead atoms. The van der Waals surface area contributed by atoms with E-state index in [4.69, 9.17) is 9.90 Å². The normalized spacial score (nSPS) is 13.8. The Morgan fingerprint density at radius 1 is 1.10 bits per heavy atom. The Morgan fingerprint density at radius 2 is 1.68 bits per heavy atom. The molecule has 0 atom stereocenters. The fourth-order valence-corrected chi connectivity index (χ4v) is 4.95. The van der Waals surface area contributed by atoms with Crippen LogP contribution in [0.25, 0.3) is 0 Å². The number of carbonyl (C=O) groups is 2. The number of halogens is 3. The second-order valence-corrected chi connectivity index (χ2v) is 11.4. The molecule has 0 aliphatic carbocycles. The van der Waals surface area contributed by atoms with Crippen molar-refractivity contribution >= 4 is 33.3 Å². The summed E-state index contributed by atoms with van der Waals surface area (Å²) in [6.07, 6.45) is -3.16. The van der Waals surface area contributed by atoms with Crippen LogP contribution >= 0.6 is 0 Å². The molecule has 2 aromatic carbocycles. The largest absolute Gasteiger partial charge is 0.490 e. The van der Waals surface area contributed by atoms with Crippen LogP contribution in [-0.2, 0) is 14.8 Å². The molecule has 0 aromatic heterocycles. The number of carboxylic acids is 1. The number of nitrogens with one attached hydrogen (secondary N) is 2. The molecule has 1 saturated heterocycles. The molecule has 1 aliphatic rings. The summed E-state index contributed by atoms with van der Waals surface area (Å²) in [7, 11) is -2.03. The van der Waals surface area contributed by atoms with Crippen molar-refractivity contribution in [3.63, 3.8) is 0 Å². The number of amides is 1. The number of rotatable bonds is 9. The van der Waals surface area contributed by atoms with Gasteiger partial charge in [-0.15, -0.1) is 0 Å². The van der Waals surface area contributed by atoms with Gasteiger partial charge in [0.15, 0.2) is 0 Å². The number of piperazine rings is 1. The van der Waals surface area contributed by atoms with E-state index in [2.05, 4.69) is 35.7 Å². The van der Waals surface area contributed by atoms with Gasteiger partial charge in [0.2, 0.25) is 0 Å². The van der Waals surface area contributed by atoms with E-state index >= 15 is 0 Å². The van der Waals surface area contributed by atoms with Crippen LogP contribution in [0, 0.1) is 0 Å². The van der Waals surface area contributed by atoms with Crippen molar-refractivity contribution in [2.24, 2.45) is 0 Å². The molecule has 1 aliphatic heterocycles. The van der Waals surface area contributed by atoms with Gasteiger partial charge in [0, 0.05) is 45.3 Å². The average molecular weight is 587 g/mol. The van der Waals surface area contributed by atoms with Crippen molar-refractivity contribution in [3.8, 4) is 0 Å². The summed E-state index contributed by atoms with van der Waals surface area (Å²) in [5, 5.41) is 10.4. The minimum Gasteiger partial charge on any atom is -0.475 e. The summed E-state index contributed by atoms with van der Waals surface area (Å²) >= 11 is 0. The topological polar surface area (TPSA) is 119 Å². The van der Waals surface area contributed by atoms with Gasteiger partial charge in [0.25, 0.3) is 15.9 Å². The van der Waals surface area contributed by atoms with Crippen LogP contribution in [0.3, 0.4) is 0 Å². The maximum atomic E-state index is 13.2. The number of nitrogens with zero attached hydrogens (tertiary/aromatic N) is 2. The van der Waals surface area contributed by atoms with Crippen LogP contribution in [0.2, 0.25) is 0 Å². The summed E-state index contributed by atoms with van der Waals surface area (Å²) < 4.78 is 61.0. The van der Waals surface area contributed by atoms with Gasteiger partial charge in [-0.05, 0) is 48.2 Å². The number of hydrogen-bond donors (Lipinski definition) is 3. The van der Waals surface area contributed by atoms with E-state index in [-0.39, 0.29) is 10.8 Å².